The second kappa shape index (κ2) is 8.46. The molecule has 0 aliphatic heterocycles. The number of carbonyl (C=O) groups is 2. The van der Waals surface area contributed by atoms with Crippen LogP contribution in [0.2, 0.25) is 0 Å². The Bertz CT molecular complexity index is 796. The van der Waals surface area contributed by atoms with Crippen LogP contribution in [-0.2, 0) is 17.6 Å². The van der Waals surface area contributed by atoms with Crippen LogP contribution < -0.4 is 10.6 Å². The molecule has 2 aromatic heterocycles. The van der Waals surface area contributed by atoms with Crippen molar-refractivity contribution < 1.29 is 18.8 Å². The molecule has 26 heavy (non-hydrogen) atoms. The number of hydrogen-bond acceptors (Lipinski definition) is 6. The zero-order valence-corrected chi connectivity index (χ0v) is 15.8. The van der Waals surface area contributed by atoms with Gasteiger partial charge in [0.25, 0.3) is 11.8 Å². The second-order valence-corrected chi connectivity index (χ2v) is 7.40. The Morgan fingerprint density at radius 2 is 2.12 bits per heavy atom. The quantitative estimate of drug-likeness (QED) is 0.724. The molecule has 0 bridgehead atoms. The number of amides is 2. The smallest absolute Gasteiger partial charge is 0.278 e. The number of carbonyl (C=O) groups excluding carboxylic acids is 2. The van der Waals surface area contributed by atoms with Gasteiger partial charge in [0, 0.05) is 31.2 Å². The van der Waals surface area contributed by atoms with Crippen molar-refractivity contribution in [3.8, 4) is 0 Å². The zero-order chi connectivity index (χ0) is 18.5. The van der Waals surface area contributed by atoms with Crippen LogP contribution >= 0.6 is 11.3 Å². The number of aromatic nitrogens is 1. The first kappa shape index (κ1) is 18.6. The number of fused-ring (bicyclic) bond motifs is 1. The molecule has 3 rings (SSSR count). The maximum atomic E-state index is 12.8. The zero-order valence-electron chi connectivity index (χ0n) is 15.0. The van der Waals surface area contributed by atoms with Crippen LogP contribution in [0.25, 0.3) is 0 Å². The standard InChI is InChI=1S/C18H23N3O4S/c1-11-10-13(21-25-11)16(22)20-18-15(17(23)19-8-5-9-24-2)12-6-3-4-7-14(12)26-18/h10H,3-9H2,1-2H3,(H,19,23)(H,20,22). The van der Waals surface area contributed by atoms with Crippen molar-refractivity contribution in [2.45, 2.75) is 39.0 Å². The molecule has 1 aliphatic carbocycles. The number of thiophene rings is 1. The van der Waals surface area contributed by atoms with E-state index >= 15 is 0 Å². The van der Waals surface area contributed by atoms with Crippen molar-refractivity contribution in [1.82, 2.24) is 10.5 Å². The third-order valence-corrected chi connectivity index (χ3v) is 5.50. The Morgan fingerprint density at radius 3 is 2.85 bits per heavy atom. The van der Waals surface area contributed by atoms with E-state index in [0.29, 0.717) is 29.5 Å². The van der Waals surface area contributed by atoms with Gasteiger partial charge in [-0.15, -0.1) is 11.3 Å². The number of rotatable bonds is 7. The average Bonchev–Trinajstić information content (AvgIpc) is 3.21. The fourth-order valence-electron chi connectivity index (χ4n) is 3.04. The van der Waals surface area contributed by atoms with Crippen LogP contribution in [0.1, 0.15) is 56.3 Å². The van der Waals surface area contributed by atoms with Gasteiger partial charge < -0.3 is 19.9 Å². The predicted molar refractivity (Wildman–Crippen MR) is 99.0 cm³/mol. The van der Waals surface area contributed by atoms with E-state index in [4.69, 9.17) is 9.26 Å². The minimum Gasteiger partial charge on any atom is -0.385 e. The average molecular weight is 377 g/mol. The number of nitrogens with zero attached hydrogens (tertiary/aromatic N) is 1. The molecule has 0 saturated carbocycles. The number of nitrogens with one attached hydrogen (secondary N) is 2. The van der Waals surface area contributed by atoms with Crippen LogP contribution in [0.3, 0.4) is 0 Å². The normalized spacial score (nSPS) is 13.3. The van der Waals surface area contributed by atoms with Crippen molar-refractivity contribution in [3.05, 3.63) is 33.5 Å². The second-order valence-electron chi connectivity index (χ2n) is 6.29. The first-order valence-corrected chi connectivity index (χ1v) is 9.58. The van der Waals surface area contributed by atoms with E-state index in [1.807, 2.05) is 0 Å². The van der Waals surface area contributed by atoms with E-state index in [1.165, 1.54) is 16.2 Å². The largest absolute Gasteiger partial charge is 0.385 e. The summed E-state index contributed by atoms with van der Waals surface area (Å²) in [6.07, 6.45) is 4.73. The summed E-state index contributed by atoms with van der Waals surface area (Å²) in [5.41, 5.74) is 1.87. The SMILES string of the molecule is COCCCNC(=O)c1c(NC(=O)c2cc(C)on2)sc2c1CCCC2. The minimum atomic E-state index is -0.367. The Hall–Kier alpha value is -2.19. The van der Waals surface area contributed by atoms with E-state index in [0.717, 1.165) is 37.7 Å². The molecule has 0 spiro atoms. The molecule has 0 atom stereocenters. The maximum absolute atomic E-state index is 12.8. The van der Waals surface area contributed by atoms with Crippen LogP contribution in [0.15, 0.2) is 10.6 Å². The summed E-state index contributed by atoms with van der Waals surface area (Å²) < 4.78 is 9.97. The van der Waals surface area contributed by atoms with Gasteiger partial charge in [-0.25, -0.2) is 0 Å². The molecule has 1 aliphatic rings. The van der Waals surface area contributed by atoms with E-state index in [9.17, 15) is 9.59 Å². The molecule has 0 fully saturated rings. The predicted octanol–water partition coefficient (Wildman–Crippen LogP) is 2.94. The topological polar surface area (TPSA) is 93.5 Å². The summed E-state index contributed by atoms with van der Waals surface area (Å²) in [5.74, 6) is 0.0535. The van der Waals surface area contributed by atoms with E-state index in [2.05, 4.69) is 15.8 Å². The van der Waals surface area contributed by atoms with E-state index < -0.39 is 0 Å². The van der Waals surface area contributed by atoms with Gasteiger partial charge in [0.05, 0.1) is 5.56 Å². The molecule has 2 N–H and O–H groups in total. The van der Waals surface area contributed by atoms with Crippen molar-refractivity contribution in [3.63, 3.8) is 0 Å². The van der Waals surface area contributed by atoms with Crippen LogP contribution in [0.5, 0.6) is 0 Å². The van der Waals surface area contributed by atoms with Crippen molar-refractivity contribution >= 4 is 28.2 Å². The number of anilines is 1. The number of ether oxygens (including phenoxy) is 1. The summed E-state index contributed by atoms with van der Waals surface area (Å²) in [4.78, 5) is 26.4. The molecule has 7 nitrogen and oxygen atoms in total. The molecular formula is C18H23N3O4S. The monoisotopic (exact) mass is 377 g/mol. The Kier molecular flexibility index (Phi) is 6.05. The molecule has 2 heterocycles. The lowest BCUT2D eigenvalue weighted by atomic mass is 9.95. The number of aryl methyl sites for hydroxylation is 2. The van der Waals surface area contributed by atoms with Crippen molar-refractivity contribution in [2.75, 3.05) is 25.6 Å². The first-order chi connectivity index (χ1) is 12.6. The van der Waals surface area contributed by atoms with Gasteiger partial charge in [0.1, 0.15) is 10.8 Å². The maximum Gasteiger partial charge on any atom is 0.278 e. The highest BCUT2D eigenvalue weighted by molar-refractivity contribution is 7.17. The third-order valence-electron chi connectivity index (χ3n) is 4.30. The molecule has 140 valence electrons. The lowest BCUT2D eigenvalue weighted by Crippen LogP contribution is -2.27. The van der Waals surface area contributed by atoms with Gasteiger partial charge in [-0.3, -0.25) is 9.59 Å². The molecule has 2 amide bonds. The summed E-state index contributed by atoms with van der Waals surface area (Å²) in [7, 11) is 1.64. The molecule has 8 heteroatoms. The lowest BCUT2D eigenvalue weighted by Gasteiger charge is -2.13. The van der Waals surface area contributed by atoms with Crippen LogP contribution in [-0.4, -0.2) is 37.2 Å². The fraction of sp³-hybridized carbons (Fsp3) is 0.500. The highest BCUT2D eigenvalue weighted by Crippen LogP contribution is 2.38. The van der Waals surface area contributed by atoms with Crippen molar-refractivity contribution in [1.29, 1.82) is 0 Å². The first-order valence-electron chi connectivity index (χ1n) is 8.76. The van der Waals surface area contributed by atoms with E-state index in [-0.39, 0.29) is 17.5 Å². The highest BCUT2D eigenvalue weighted by Gasteiger charge is 2.26. The molecule has 0 radical (unpaired) electrons. The molecule has 2 aromatic rings. The summed E-state index contributed by atoms with van der Waals surface area (Å²) in [5, 5.41) is 10.1. The Morgan fingerprint density at radius 1 is 1.31 bits per heavy atom. The minimum absolute atomic E-state index is 0.146. The van der Waals surface area contributed by atoms with Crippen LogP contribution in [0.4, 0.5) is 5.00 Å². The third kappa shape index (κ3) is 4.13. The van der Waals surface area contributed by atoms with Gasteiger partial charge in [0.15, 0.2) is 5.69 Å². The molecule has 0 aromatic carbocycles. The van der Waals surface area contributed by atoms with Gasteiger partial charge in [-0.1, -0.05) is 5.16 Å². The molecule has 0 saturated heterocycles. The van der Waals surface area contributed by atoms with E-state index in [1.54, 1.807) is 20.1 Å². The molecular weight excluding hydrogens is 354 g/mol. The molecule has 0 unspecified atom stereocenters. The number of methoxy groups -OCH3 is 1. The van der Waals surface area contributed by atoms with Gasteiger partial charge in [0.2, 0.25) is 0 Å². The summed E-state index contributed by atoms with van der Waals surface area (Å²) in [6, 6.07) is 1.58. The van der Waals surface area contributed by atoms with Gasteiger partial charge >= 0.3 is 0 Å². The Balaban J connectivity index is 1.81. The van der Waals surface area contributed by atoms with Crippen LogP contribution in [0, 0.1) is 6.92 Å². The van der Waals surface area contributed by atoms with Crippen molar-refractivity contribution in [2.24, 2.45) is 0 Å². The Labute approximate surface area is 156 Å². The number of hydrogen-bond donors (Lipinski definition) is 2. The lowest BCUT2D eigenvalue weighted by molar-refractivity contribution is 0.0948. The summed E-state index contributed by atoms with van der Waals surface area (Å²) >= 11 is 1.49. The fourth-order valence-corrected chi connectivity index (χ4v) is 4.32. The summed E-state index contributed by atoms with van der Waals surface area (Å²) in [6.45, 7) is 2.86. The van der Waals surface area contributed by atoms with Gasteiger partial charge in [-0.05, 0) is 44.6 Å². The highest BCUT2D eigenvalue weighted by atomic mass is 32.1. The van der Waals surface area contributed by atoms with Gasteiger partial charge in [-0.2, -0.15) is 0 Å².